The molecule has 230 valence electrons. The minimum Gasteiger partial charge on any atom is -0.497 e. The van der Waals surface area contributed by atoms with Crippen LogP contribution in [0, 0.1) is 12.8 Å². The lowest BCUT2D eigenvalue weighted by Gasteiger charge is -2.37. The van der Waals surface area contributed by atoms with Crippen molar-refractivity contribution >= 4 is 40.8 Å². The van der Waals surface area contributed by atoms with E-state index >= 15 is 0 Å². The summed E-state index contributed by atoms with van der Waals surface area (Å²) in [4.78, 5) is 16.1. The lowest BCUT2D eigenvalue weighted by Crippen LogP contribution is -2.51. The van der Waals surface area contributed by atoms with E-state index in [0.717, 1.165) is 32.6 Å². The number of benzene rings is 3. The molecular formula is C34H39BrN4O4Si. The average molecular weight is 676 g/mol. The maximum absolute atomic E-state index is 14.3. The molecule has 6 rings (SSSR count). The number of amides is 1. The third-order valence-corrected chi connectivity index (χ3v) is 14.7. The summed E-state index contributed by atoms with van der Waals surface area (Å²) in [6, 6.07) is 22.0. The fourth-order valence-electron chi connectivity index (χ4n) is 7.53. The van der Waals surface area contributed by atoms with Gasteiger partial charge in [0.1, 0.15) is 17.5 Å². The number of halogens is 1. The Morgan fingerprint density at radius 3 is 2.52 bits per heavy atom. The molecule has 0 aliphatic carbocycles. The molecule has 1 spiro atoms. The second kappa shape index (κ2) is 11.6. The number of ether oxygens (including phenoxy) is 2. The Morgan fingerprint density at radius 1 is 1.14 bits per heavy atom. The number of fused-ring (bicyclic) bond motifs is 2. The molecule has 3 aromatic carbocycles. The summed E-state index contributed by atoms with van der Waals surface area (Å²) in [5.74, 6) is 0.726. The fraction of sp³-hybridized carbons (Fsp3) is 0.382. The number of hydrogen-bond donors (Lipinski definition) is 1. The summed E-state index contributed by atoms with van der Waals surface area (Å²) in [7, 11) is 1.28. The lowest BCUT2D eigenvalue weighted by molar-refractivity contribution is -0.145. The van der Waals surface area contributed by atoms with E-state index in [9.17, 15) is 9.90 Å². The summed E-state index contributed by atoms with van der Waals surface area (Å²) < 4.78 is 15.3. The standard InChI is InChI=1S/C34H39BrN4O4Si/c1-21-18-26-30(27(35)19-21)38(3)33(41)34(26)22(2)32(44(5,6)25-14-12-24(42-4)13-15-25)29(43-34)16-17-39-20-28(36-37-39)31(40)23-10-8-7-9-11-23/h7-15,18-20,22,29,31-32,40H,16-17H2,1-6H3/t22-,29+,31+,32-,34+/m0/s1. The number of aliphatic hydroxyl groups excluding tert-OH is 1. The molecule has 1 saturated heterocycles. The molecule has 0 bridgehead atoms. The van der Waals surface area contributed by atoms with Crippen molar-refractivity contribution < 1.29 is 19.4 Å². The summed E-state index contributed by atoms with van der Waals surface area (Å²) in [5, 5.41) is 20.8. The first-order valence-corrected chi connectivity index (χ1v) is 18.9. The van der Waals surface area contributed by atoms with Gasteiger partial charge in [0.15, 0.2) is 5.60 Å². The number of methoxy groups -OCH3 is 1. The molecule has 0 unspecified atom stereocenters. The van der Waals surface area contributed by atoms with E-state index in [0.29, 0.717) is 18.7 Å². The van der Waals surface area contributed by atoms with Crippen molar-refractivity contribution in [1.29, 1.82) is 0 Å². The van der Waals surface area contributed by atoms with Crippen molar-refractivity contribution in [2.24, 2.45) is 5.92 Å². The van der Waals surface area contributed by atoms with Crippen LogP contribution < -0.4 is 14.8 Å². The number of anilines is 1. The van der Waals surface area contributed by atoms with Gasteiger partial charge in [0, 0.05) is 29.5 Å². The number of carbonyl (C=O) groups excluding carboxylic acids is 1. The largest absolute Gasteiger partial charge is 0.497 e. The van der Waals surface area contributed by atoms with E-state index in [-0.39, 0.29) is 23.5 Å². The van der Waals surface area contributed by atoms with Crippen LogP contribution in [-0.4, -0.2) is 54.3 Å². The maximum atomic E-state index is 14.3. The Morgan fingerprint density at radius 2 is 1.84 bits per heavy atom. The number of hydrogen-bond acceptors (Lipinski definition) is 6. The second-order valence-electron chi connectivity index (χ2n) is 12.7. The Kier molecular flexibility index (Phi) is 8.07. The van der Waals surface area contributed by atoms with Crippen LogP contribution in [0.25, 0.3) is 0 Å². The zero-order valence-electron chi connectivity index (χ0n) is 26.0. The van der Waals surface area contributed by atoms with Gasteiger partial charge in [0.25, 0.3) is 5.91 Å². The van der Waals surface area contributed by atoms with E-state index in [1.54, 1.807) is 22.9 Å². The summed E-state index contributed by atoms with van der Waals surface area (Å²) in [5.41, 5.74) is 3.20. The van der Waals surface area contributed by atoms with Gasteiger partial charge < -0.3 is 19.5 Å². The van der Waals surface area contributed by atoms with Crippen molar-refractivity contribution in [2.75, 3.05) is 19.1 Å². The molecule has 44 heavy (non-hydrogen) atoms. The Labute approximate surface area is 268 Å². The van der Waals surface area contributed by atoms with Crippen LogP contribution in [-0.2, 0) is 21.7 Å². The third kappa shape index (κ3) is 4.92. The van der Waals surface area contributed by atoms with Gasteiger partial charge in [-0.2, -0.15) is 0 Å². The Balaban J connectivity index is 1.36. The first-order chi connectivity index (χ1) is 21.0. The number of nitrogens with zero attached hydrogens (tertiary/aromatic N) is 4. The van der Waals surface area contributed by atoms with Gasteiger partial charge in [-0.15, -0.1) is 5.10 Å². The van der Waals surface area contributed by atoms with E-state index in [4.69, 9.17) is 9.47 Å². The van der Waals surface area contributed by atoms with Crippen LogP contribution in [0.2, 0.25) is 18.6 Å². The predicted octanol–water partition coefficient (Wildman–Crippen LogP) is 5.72. The van der Waals surface area contributed by atoms with Gasteiger partial charge >= 0.3 is 0 Å². The summed E-state index contributed by atoms with van der Waals surface area (Å²) >= 11 is 3.74. The number of aromatic nitrogens is 3. The number of carbonyl (C=O) groups is 1. The zero-order chi connectivity index (χ0) is 31.4. The van der Waals surface area contributed by atoms with Gasteiger partial charge in [-0.25, -0.2) is 0 Å². The van der Waals surface area contributed by atoms with Crippen LogP contribution in [0.4, 0.5) is 5.69 Å². The lowest BCUT2D eigenvalue weighted by atomic mass is 9.82. The number of likely N-dealkylation sites (N-methyl/N-ethyl adjacent to an activating group) is 1. The van der Waals surface area contributed by atoms with Crippen LogP contribution in [0.5, 0.6) is 5.75 Å². The number of rotatable bonds is 8. The highest BCUT2D eigenvalue weighted by molar-refractivity contribution is 9.10. The molecule has 1 N–H and O–H groups in total. The second-order valence-corrected chi connectivity index (χ2v) is 18.2. The van der Waals surface area contributed by atoms with E-state index < -0.39 is 19.8 Å². The fourth-order valence-corrected chi connectivity index (χ4v) is 12.4. The Bertz CT molecular complexity index is 1680. The van der Waals surface area contributed by atoms with Crippen LogP contribution in [0.15, 0.2) is 77.4 Å². The summed E-state index contributed by atoms with van der Waals surface area (Å²) in [6.45, 7) is 9.55. The first-order valence-electron chi connectivity index (χ1n) is 15.0. The van der Waals surface area contributed by atoms with Gasteiger partial charge in [0.2, 0.25) is 0 Å². The molecule has 8 nitrogen and oxygen atoms in total. The van der Waals surface area contributed by atoms with Gasteiger partial charge in [0.05, 0.1) is 33.2 Å². The minimum atomic E-state index is -2.25. The monoisotopic (exact) mass is 674 g/mol. The molecule has 0 saturated carbocycles. The third-order valence-electron chi connectivity index (χ3n) is 9.75. The molecule has 5 atom stereocenters. The van der Waals surface area contributed by atoms with E-state index in [2.05, 4.69) is 77.4 Å². The normalized spacial score (nSPS) is 23.8. The quantitative estimate of drug-likeness (QED) is 0.241. The molecule has 2 aliphatic rings. The van der Waals surface area contributed by atoms with Crippen molar-refractivity contribution in [2.45, 2.75) is 63.3 Å². The van der Waals surface area contributed by atoms with Crippen LogP contribution >= 0.6 is 15.9 Å². The SMILES string of the molecule is COc1ccc([Si](C)(C)[C@@H]2[C@@H](CCn3cc([C@H](O)c4ccccc4)nn3)O[C@]3(C(=O)N(C)c4c(Br)cc(C)cc43)[C@H]2C)cc1. The molecule has 0 radical (unpaired) electrons. The molecule has 1 amide bonds. The highest BCUT2D eigenvalue weighted by atomic mass is 79.9. The topological polar surface area (TPSA) is 89.7 Å². The molecular weight excluding hydrogens is 636 g/mol. The van der Waals surface area contributed by atoms with Gasteiger partial charge in [-0.3, -0.25) is 9.48 Å². The smallest absolute Gasteiger partial charge is 0.264 e. The zero-order valence-corrected chi connectivity index (χ0v) is 28.6. The molecule has 1 fully saturated rings. The van der Waals surface area contributed by atoms with Crippen molar-refractivity contribution in [3.63, 3.8) is 0 Å². The highest BCUT2D eigenvalue weighted by Gasteiger charge is 2.66. The van der Waals surface area contributed by atoms with Gasteiger partial charge in [-0.05, 0) is 64.1 Å². The van der Waals surface area contributed by atoms with E-state index in [1.165, 1.54) is 5.19 Å². The number of aryl methyl sites for hydroxylation is 2. The average Bonchev–Trinajstić information content (AvgIpc) is 3.67. The predicted molar refractivity (Wildman–Crippen MR) is 177 cm³/mol. The molecule has 3 heterocycles. The first kappa shape index (κ1) is 30.7. The minimum absolute atomic E-state index is 0.0210. The van der Waals surface area contributed by atoms with E-state index in [1.807, 2.05) is 49.5 Å². The summed E-state index contributed by atoms with van der Waals surface area (Å²) in [6.07, 6.45) is 1.39. The molecule has 2 aliphatic heterocycles. The molecule has 4 aromatic rings. The Hall–Kier alpha value is -3.31. The van der Waals surface area contributed by atoms with Crippen LogP contribution in [0.1, 0.15) is 41.8 Å². The molecule has 1 aromatic heterocycles. The molecule has 10 heteroatoms. The van der Waals surface area contributed by atoms with Gasteiger partial charge in [-0.1, -0.05) is 78.9 Å². The van der Waals surface area contributed by atoms with Crippen molar-refractivity contribution in [3.05, 3.63) is 99.8 Å². The van der Waals surface area contributed by atoms with Crippen molar-refractivity contribution in [1.82, 2.24) is 15.0 Å². The highest BCUT2D eigenvalue weighted by Crippen LogP contribution is 2.60. The van der Waals surface area contributed by atoms with Crippen LogP contribution in [0.3, 0.4) is 0 Å². The van der Waals surface area contributed by atoms with Crippen molar-refractivity contribution in [3.8, 4) is 5.75 Å². The number of aliphatic hydroxyl groups is 1. The maximum Gasteiger partial charge on any atom is 0.264 e.